The maximum atomic E-state index is 9.99. The van der Waals surface area contributed by atoms with Crippen LogP contribution < -0.4 is 0 Å². The molecule has 0 aromatic heterocycles. The lowest BCUT2D eigenvalue weighted by atomic mass is 9.80. The minimum absolute atomic E-state index is 0.489. The zero-order valence-electron chi connectivity index (χ0n) is 10.6. The van der Waals surface area contributed by atoms with Crippen LogP contribution in [-0.4, -0.2) is 68.3 Å². The molecule has 2 unspecified atom stereocenters. The van der Waals surface area contributed by atoms with Gasteiger partial charge in [-0.3, -0.25) is 0 Å². The summed E-state index contributed by atoms with van der Waals surface area (Å²) < 4.78 is 5.37. The summed E-state index contributed by atoms with van der Waals surface area (Å²) in [5.41, 5.74) is -1.21. The summed E-state index contributed by atoms with van der Waals surface area (Å²) in [6.45, 7) is 6.14. The Balaban J connectivity index is 2.96. The van der Waals surface area contributed by atoms with E-state index in [9.17, 15) is 20.4 Å². The van der Waals surface area contributed by atoms with Gasteiger partial charge in [-0.25, -0.2) is 0 Å². The van der Waals surface area contributed by atoms with Crippen LogP contribution in [-0.2, 0) is 4.74 Å². The fourth-order valence-corrected chi connectivity index (χ4v) is 2.25. The highest BCUT2D eigenvalue weighted by molar-refractivity contribution is 5.03. The van der Waals surface area contributed by atoms with Crippen LogP contribution in [0.25, 0.3) is 0 Å². The van der Waals surface area contributed by atoms with Gasteiger partial charge in [-0.05, 0) is 13.8 Å². The summed E-state index contributed by atoms with van der Waals surface area (Å²) in [6, 6.07) is 0. The second-order valence-corrected chi connectivity index (χ2v) is 5.21. The maximum absolute atomic E-state index is 9.99. The van der Waals surface area contributed by atoms with E-state index in [0.717, 1.165) is 0 Å². The van der Waals surface area contributed by atoms with Gasteiger partial charge in [0.05, 0.1) is 18.3 Å². The van der Waals surface area contributed by atoms with Crippen LogP contribution >= 0.6 is 0 Å². The van der Waals surface area contributed by atoms with Gasteiger partial charge in [-0.1, -0.05) is 6.08 Å². The van der Waals surface area contributed by atoms with Crippen LogP contribution in [0, 0.1) is 5.92 Å². The Labute approximate surface area is 106 Å². The van der Waals surface area contributed by atoms with E-state index in [1.54, 1.807) is 0 Å². The summed E-state index contributed by atoms with van der Waals surface area (Å²) in [5, 5.41) is 48.3. The number of hydrogen-bond donors (Lipinski definition) is 5. The van der Waals surface area contributed by atoms with Gasteiger partial charge >= 0.3 is 0 Å². The average Bonchev–Trinajstić information content (AvgIpc) is 2.28. The molecule has 6 nitrogen and oxygen atoms in total. The lowest BCUT2D eigenvalue weighted by Gasteiger charge is -2.45. The molecule has 1 heterocycles. The van der Waals surface area contributed by atoms with Crippen LogP contribution in [0.15, 0.2) is 12.7 Å². The van der Waals surface area contributed by atoms with Crippen molar-refractivity contribution in [3.8, 4) is 0 Å². The summed E-state index contributed by atoms with van der Waals surface area (Å²) in [4.78, 5) is 0. The van der Waals surface area contributed by atoms with Crippen molar-refractivity contribution in [3.05, 3.63) is 12.7 Å². The summed E-state index contributed by atoms with van der Waals surface area (Å²) in [5.74, 6) is -0.649. The van der Waals surface area contributed by atoms with Crippen LogP contribution in [0.1, 0.15) is 13.8 Å². The van der Waals surface area contributed by atoms with Crippen LogP contribution in [0.2, 0.25) is 0 Å². The SMILES string of the molecule is C=CC(C1O[C@H](CO)[C@@H](O)[C@H](O)[C@H]1O)C(C)(C)O. The fraction of sp³-hybridized carbons (Fsp3) is 0.833. The molecule has 106 valence electrons. The van der Waals surface area contributed by atoms with E-state index in [2.05, 4.69) is 6.58 Å². The monoisotopic (exact) mass is 262 g/mol. The predicted molar refractivity (Wildman–Crippen MR) is 63.8 cm³/mol. The van der Waals surface area contributed by atoms with Crippen molar-refractivity contribution in [2.24, 2.45) is 5.92 Å². The number of aliphatic hydroxyl groups is 5. The number of ether oxygens (including phenoxy) is 1. The lowest BCUT2D eigenvalue weighted by Crippen LogP contribution is -2.62. The Bertz CT molecular complexity index is 285. The van der Waals surface area contributed by atoms with Gasteiger partial charge in [0, 0.05) is 5.92 Å². The summed E-state index contributed by atoms with van der Waals surface area (Å²) in [6.07, 6.45) is -4.69. The fourth-order valence-electron chi connectivity index (χ4n) is 2.25. The molecule has 0 saturated carbocycles. The van der Waals surface area contributed by atoms with E-state index >= 15 is 0 Å². The Hall–Kier alpha value is -0.500. The Morgan fingerprint density at radius 1 is 1.22 bits per heavy atom. The van der Waals surface area contributed by atoms with Gasteiger partial charge in [0.1, 0.15) is 24.4 Å². The summed E-state index contributed by atoms with van der Waals surface area (Å²) in [7, 11) is 0. The first kappa shape index (κ1) is 15.6. The van der Waals surface area contributed by atoms with E-state index in [-0.39, 0.29) is 0 Å². The molecule has 6 atom stereocenters. The minimum atomic E-state index is -1.44. The van der Waals surface area contributed by atoms with Crippen molar-refractivity contribution < 1.29 is 30.3 Å². The third kappa shape index (κ3) is 2.90. The smallest absolute Gasteiger partial charge is 0.111 e. The molecule has 0 aromatic carbocycles. The minimum Gasteiger partial charge on any atom is -0.394 e. The molecule has 0 bridgehead atoms. The van der Waals surface area contributed by atoms with E-state index in [4.69, 9.17) is 9.84 Å². The molecular formula is C12H22O6. The molecule has 0 radical (unpaired) electrons. The normalized spacial score (nSPS) is 39.4. The van der Waals surface area contributed by atoms with Crippen LogP contribution in [0.5, 0.6) is 0 Å². The summed E-state index contributed by atoms with van der Waals surface area (Å²) >= 11 is 0. The predicted octanol–water partition coefficient (Wildman–Crippen LogP) is -1.60. The highest BCUT2D eigenvalue weighted by Gasteiger charge is 2.48. The van der Waals surface area contributed by atoms with E-state index in [0.29, 0.717) is 0 Å². The van der Waals surface area contributed by atoms with Gasteiger partial charge in [0.15, 0.2) is 0 Å². The molecule has 1 saturated heterocycles. The zero-order valence-corrected chi connectivity index (χ0v) is 10.6. The van der Waals surface area contributed by atoms with Crippen molar-refractivity contribution in [1.82, 2.24) is 0 Å². The standard InChI is InChI=1S/C12H22O6/c1-4-6(12(2,3)17)11-10(16)9(15)8(14)7(5-13)18-11/h4,6-11,13-17H,1,5H2,2-3H3/t6?,7-,8-,9+,10-,11?/m1/s1. The van der Waals surface area contributed by atoms with Gasteiger partial charge in [0.2, 0.25) is 0 Å². The molecule has 1 aliphatic rings. The molecule has 0 spiro atoms. The number of aliphatic hydroxyl groups excluding tert-OH is 4. The second-order valence-electron chi connectivity index (χ2n) is 5.21. The Morgan fingerprint density at radius 3 is 2.17 bits per heavy atom. The van der Waals surface area contributed by atoms with Crippen molar-refractivity contribution >= 4 is 0 Å². The molecule has 18 heavy (non-hydrogen) atoms. The lowest BCUT2D eigenvalue weighted by molar-refractivity contribution is -0.248. The third-order valence-corrected chi connectivity index (χ3v) is 3.35. The number of rotatable bonds is 4. The Morgan fingerprint density at radius 2 is 1.78 bits per heavy atom. The van der Waals surface area contributed by atoms with Gasteiger partial charge < -0.3 is 30.3 Å². The first-order chi connectivity index (χ1) is 8.23. The maximum Gasteiger partial charge on any atom is 0.111 e. The molecule has 0 aliphatic carbocycles. The van der Waals surface area contributed by atoms with E-state index in [1.807, 2.05) is 0 Å². The van der Waals surface area contributed by atoms with Gasteiger partial charge in [0.25, 0.3) is 0 Å². The topological polar surface area (TPSA) is 110 Å². The molecule has 5 N–H and O–H groups in total. The van der Waals surface area contributed by atoms with Crippen molar-refractivity contribution in [2.45, 2.75) is 50.0 Å². The third-order valence-electron chi connectivity index (χ3n) is 3.35. The first-order valence-electron chi connectivity index (χ1n) is 5.89. The van der Waals surface area contributed by atoms with Gasteiger partial charge in [-0.15, -0.1) is 6.58 Å². The number of hydrogen-bond acceptors (Lipinski definition) is 6. The first-order valence-corrected chi connectivity index (χ1v) is 5.89. The quantitative estimate of drug-likeness (QED) is 0.390. The van der Waals surface area contributed by atoms with Crippen molar-refractivity contribution in [3.63, 3.8) is 0 Å². The average molecular weight is 262 g/mol. The van der Waals surface area contributed by atoms with E-state index < -0.39 is 48.6 Å². The molecule has 0 aromatic rings. The van der Waals surface area contributed by atoms with Crippen LogP contribution in [0.4, 0.5) is 0 Å². The Kier molecular flexibility index (Phi) is 4.88. The molecule has 6 heteroatoms. The largest absolute Gasteiger partial charge is 0.394 e. The van der Waals surface area contributed by atoms with Crippen molar-refractivity contribution in [1.29, 1.82) is 0 Å². The van der Waals surface area contributed by atoms with Crippen molar-refractivity contribution in [2.75, 3.05) is 6.61 Å². The molecule has 1 rings (SSSR count). The molecule has 0 amide bonds. The molecular weight excluding hydrogens is 240 g/mol. The van der Waals surface area contributed by atoms with E-state index in [1.165, 1.54) is 19.9 Å². The second kappa shape index (κ2) is 5.64. The molecule has 1 fully saturated rings. The van der Waals surface area contributed by atoms with Crippen LogP contribution in [0.3, 0.4) is 0 Å². The highest BCUT2D eigenvalue weighted by atomic mass is 16.5. The highest BCUT2D eigenvalue weighted by Crippen LogP contribution is 2.32. The van der Waals surface area contributed by atoms with Gasteiger partial charge in [-0.2, -0.15) is 0 Å². The zero-order chi connectivity index (χ0) is 14.1. The molecule has 1 aliphatic heterocycles.